The number of carbonyl (C=O) groups excluding carboxylic acids is 1. The molecule has 1 fully saturated rings. The summed E-state index contributed by atoms with van der Waals surface area (Å²) in [6, 6.07) is 11.6. The van der Waals surface area contributed by atoms with Crippen LogP contribution >= 0.6 is 0 Å². The predicted octanol–water partition coefficient (Wildman–Crippen LogP) is 2.87. The van der Waals surface area contributed by atoms with Crippen LogP contribution in [0.25, 0.3) is 0 Å². The van der Waals surface area contributed by atoms with Gasteiger partial charge in [0.15, 0.2) is 0 Å². The Morgan fingerprint density at radius 1 is 1.15 bits per heavy atom. The summed E-state index contributed by atoms with van der Waals surface area (Å²) in [7, 11) is -2.17. The maximum atomic E-state index is 13.0. The highest BCUT2D eigenvalue weighted by Crippen LogP contribution is 2.26. The minimum Gasteiger partial charge on any atom is -0.497 e. The van der Waals surface area contributed by atoms with Crippen LogP contribution in [0.5, 0.6) is 5.75 Å². The van der Waals surface area contributed by atoms with Crippen LogP contribution in [0, 0.1) is 11.7 Å². The molecule has 0 spiro atoms. The van der Waals surface area contributed by atoms with Gasteiger partial charge < -0.3 is 10.1 Å². The lowest BCUT2D eigenvalue weighted by atomic mass is 9.99. The molecule has 1 aliphatic rings. The number of halogens is 1. The third kappa shape index (κ3) is 4.45. The molecule has 1 N–H and O–H groups in total. The van der Waals surface area contributed by atoms with Crippen molar-refractivity contribution in [3.63, 3.8) is 0 Å². The molecule has 0 saturated carbocycles. The van der Waals surface area contributed by atoms with E-state index in [1.54, 1.807) is 12.1 Å². The normalized spacial score (nSPS) is 18.1. The number of hydrogen-bond donors (Lipinski definition) is 1. The van der Waals surface area contributed by atoms with E-state index in [0.29, 0.717) is 30.8 Å². The summed E-state index contributed by atoms with van der Waals surface area (Å²) in [6.07, 6.45) is 1.19. The molecule has 1 unspecified atom stereocenters. The minimum absolute atomic E-state index is 0.112. The summed E-state index contributed by atoms with van der Waals surface area (Å²) < 4.78 is 45.1. The topological polar surface area (TPSA) is 75.7 Å². The van der Waals surface area contributed by atoms with Crippen LogP contribution in [-0.2, 0) is 14.8 Å². The highest BCUT2D eigenvalue weighted by molar-refractivity contribution is 7.89. The molecule has 0 bridgehead atoms. The maximum Gasteiger partial charge on any atom is 0.243 e. The molecule has 2 aromatic carbocycles. The maximum absolute atomic E-state index is 13.0. The third-order valence-electron chi connectivity index (χ3n) is 4.56. The lowest BCUT2D eigenvalue weighted by Crippen LogP contribution is -2.43. The van der Waals surface area contributed by atoms with Crippen molar-refractivity contribution in [2.75, 3.05) is 25.5 Å². The number of nitrogens with zero attached hydrogens (tertiary/aromatic N) is 1. The van der Waals surface area contributed by atoms with Gasteiger partial charge >= 0.3 is 0 Å². The quantitative estimate of drug-likeness (QED) is 0.849. The summed E-state index contributed by atoms with van der Waals surface area (Å²) in [6.45, 7) is 0.482. The lowest BCUT2D eigenvalue weighted by Gasteiger charge is -2.31. The number of piperidine rings is 1. The molecule has 27 heavy (non-hydrogen) atoms. The zero-order chi connectivity index (χ0) is 19.4. The number of rotatable bonds is 5. The molecule has 1 heterocycles. The molecule has 1 amide bonds. The van der Waals surface area contributed by atoms with Crippen molar-refractivity contribution in [2.24, 2.45) is 5.92 Å². The molecule has 0 aliphatic carbocycles. The van der Waals surface area contributed by atoms with Gasteiger partial charge in [-0.05, 0) is 61.4 Å². The third-order valence-corrected chi connectivity index (χ3v) is 6.44. The average Bonchev–Trinajstić information content (AvgIpc) is 2.70. The molecule has 1 aliphatic heterocycles. The Kier molecular flexibility index (Phi) is 5.76. The smallest absolute Gasteiger partial charge is 0.243 e. The molecule has 2 aromatic rings. The molecule has 3 rings (SSSR count). The van der Waals surface area contributed by atoms with Gasteiger partial charge in [0.05, 0.1) is 17.9 Å². The van der Waals surface area contributed by atoms with E-state index in [4.69, 9.17) is 4.74 Å². The van der Waals surface area contributed by atoms with Crippen LogP contribution in [0.15, 0.2) is 53.4 Å². The Bertz CT molecular complexity index is 898. The molecule has 8 heteroatoms. The SMILES string of the molecule is COc1ccc(S(=O)(=O)N2CCCC(C(=O)Nc3ccc(F)cc3)C2)cc1. The first-order valence-corrected chi connectivity index (χ1v) is 10.0. The van der Waals surface area contributed by atoms with Crippen molar-refractivity contribution in [1.29, 1.82) is 0 Å². The van der Waals surface area contributed by atoms with Crippen molar-refractivity contribution in [3.8, 4) is 5.75 Å². The zero-order valence-corrected chi connectivity index (χ0v) is 15.7. The van der Waals surface area contributed by atoms with Crippen molar-refractivity contribution in [3.05, 3.63) is 54.3 Å². The van der Waals surface area contributed by atoms with E-state index in [1.165, 1.54) is 47.8 Å². The van der Waals surface area contributed by atoms with Gasteiger partial charge in [0.1, 0.15) is 11.6 Å². The highest BCUT2D eigenvalue weighted by Gasteiger charge is 2.33. The van der Waals surface area contributed by atoms with Crippen molar-refractivity contribution >= 4 is 21.6 Å². The van der Waals surface area contributed by atoms with Gasteiger partial charge in [-0.1, -0.05) is 0 Å². The summed E-state index contributed by atoms with van der Waals surface area (Å²) in [4.78, 5) is 12.7. The molecule has 0 aromatic heterocycles. The van der Waals surface area contributed by atoms with E-state index < -0.39 is 15.9 Å². The van der Waals surface area contributed by atoms with Gasteiger partial charge in [0.2, 0.25) is 15.9 Å². The largest absolute Gasteiger partial charge is 0.497 e. The molecular weight excluding hydrogens is 371 g/mol. The van der Waals surface area contributed by atoms with Crippen LogP contribution in [0.1, 0.15) is 12.8 Å². The molecule has 6 nitrogen and oxygen atoms in total. The monoisotopic (exact) mass is 392 g/mol. The van der Waals surface area contributed by atoms with E-state index in [1.807, 2.05) is 0 Å². The minimum atomic E-state index is -3.68. The predicted molar refractivity (Wildman–Crippen MR) is 99.5 cm³/mol. The molecule has 144 valence electrons. The summed E-state index contributed by atoms with van der Waals surface area (Å²) >= 11 is 0. The van der Waals surface area contributed by atoms with Gasteiger partial charge in [-0.25, -0.2) is 12.8 Å². The molecule has 0 radical (unpaired) electrons. The van der Waals surface area contributed by atoms with Gasteiger partial charge in [-0.3, -0.25) is 4.79 Å². The fraction of sp³-hybridized carbons (Fsp3) is 0.316. The van der Waals surface area contributed by atoms with E-state index >= 15 is 0 Å². The second-order valence-corrected chi connectivity index (χ2v) is 8.31. The summed E-state index contributed by atoms with van der Waals surface area (Å²) in [5.41, 5.74) is 0.483. The Hall–Kier alpha value is -2.45. The molecule has 1 atom stereocenters. The number of amides is 1. The van der Waals surface area contributed by atoms with Gasteiger partial charge in [0.25, 0.3) is 0 Å². The highest BCUT2D eigenvalue weighted by atomic mass is 32.2. The Morgan fingerprint density at radius 2 is 1.81 bits per heavy atom. The number of nitrogens with one attached hydrogen (secondary N) is 1. The second-order valence-electron chi connectivity index (χ2n) is 6.37. The first-order valence-electron chi connectivity index (χ1n) is 8.61. The lowest BCUT2D eigenvalue weighted by molar-refractivity contribution is -0.120. The number of sulfonamides is 1. The van der Waals surface area contributed by atoms with Crippen molar-refractivity contribution in [1.82, 2.24) is 4.31 Å². The second kappa shape index (κ2) is 8.06. The first kappa shape index (κ1) is 19.3. The van der Waals surface area contributed by atoms with Gasteiger partial charge in [-0.2, -0.15) is 4.31 Å². The molecular formula is C19H21FN2O4S. The number of anilines is 1. The van der Waals surface area contributed by atoms with Crippen LogP contribution in [0.3, 0.4) is 0 Å². The molecule has 1 saturated heterocycles. The average molecular weight is 392 g/mol. The van der Waals surface area contributed by atoms with Crippen molar-refractivity contribution in [2.45, 2.75) is 17.7 Å². The number of methoxy groups -OCH3 is 1. The number of ether oxygens (including phenoxy) is 1. The van der Waals surface area contributed by atoms with Gasteiger partial charge in [-0.15, -0.1) is 0 Å². The van der Waals surface area contributed by atoms with Crippen LogP contribution in [0.4, 0.5) is 10.1 Å². The fourth-order valence-electron chi connectivity index (χ4n) is 3.05. The number of hydrogen-bond acceptors (Lipinski definition) is 4. The fourth-order valence-corrected chi connectivity index (χ4v) is 4.57. The Balaban J connectivity index is 1.70. The summed E-state index contributed by atoms with van der Waals surface area (Å²) in [5, 5.41) is 2.72. The van der Waals surface area contributed by atoms with Crippen LogP contribution in [0.2, 0.25) is 0 Å². The number of carbonyl (C=O) groups is 1. The summed E-state index contributed by atoms with van der Waals surface area (Å²) in [5.74, 6) is -0.542. The van der Waals surface area contributed by atoms with E-state index in [-0.39, 0.29) is 23.2 Å². The number of benzene rings is 2. The van der Waals surface area contributed by atoms with E-state index in [9.17, 15) is 17.6 Å². The first-order chi connectivity index (χ1) is 12.9. The Labute approximate surface area is 158 Å². The van der Waals surface area contributed by atoms with Crippen LogP contribution < -0.4 is 10.1 Å². The van der Waals surface area contributed by atoms with Gasteiger partial charge in [0, 0.05) is 18.8 Å². The van der Waals surface area contributed by atoms with E-state index in [2.05, 4.69) is 5.32 Å². The Morgan fingerprint density at radius 3 is 2.44 bits per heavy atom. The zero-order valence-electron chi connectivity index (χ0n) is 14.9. The van der Waals surface area contributed by atoms with Crippen molar-refractivity contribution < 1.29 is 22.3 Å². The standard InChI is InChI=1S/C19H21FN2O4S/c1-26-17-8-10-18(11-9-17)27(24,25)22-12-2-3-14(13-22)19(23)21-16-6-4-15(20)5-7-16/h4-11,14H,2-3,12-13H2,1H3,(H,21,23). The van der Waals surface area contributed by atoms with E-state index in [0.717, 1.165) is 0 Å². The van der Waals surface area contributed by atoms with Crippen LogP contribution in [-0.4, -0.2) is 38.8 Å².